The van der Waals surface area contributed by atoms with Crippen LogP contribution in [0, 0.1) is 6.92 Å². The number of amides is 1. The summed E-state index contributed by atoms with van der Waals surface area (Å²) in [5.41, 5.74) is 1.20. The van der Waals surface area contributed by atoms with E-state index in [0.29, 0.717) is 5.56 Å². The van der Waals surface area contributed by atoms with Crippen LogP contribution in [0.4, 0.5) is 5.82 Å². The molecule has 2 aromatic rings. The number of carboxylic acids is 1. The quantitative estimate of drug-likeness (QED) is 0.903. The van der Waals surface area contributed by atoms with Crippen LogP contribution in [0.15, 0.2) is 41.0 Å². The number of anilines is 1. The number of carboxylic acid groups (broad SMARTS) is 1. The Hall–Kier alpha value is -2.21. The van der Waals surface area contributed by atoms with Gasteiger partial charge in [0.25, 0.3) is 5.91 Å². The molecular formula is C14H11BrN2O3. The van der Waals surface area contributed by atoms with E-state index in [1.54, 1.807) is 19.1 Å². The second-order valence-electron chi connectivity index (χ2n) is 4.12. The van der Waals surface area contributed by atoms with Crippen LogP contribution in [0.3, 0.4) is 0 Å². The van der Waals surface area contributed by atoms with Crippen molar-refractivity contribution in [3.63, 3.8) is 0 Å². The zero-order chi connectivity index (χ0) is 14.7. The Morgan fingerprint density at radius 3 is 2.65 bits per heavy atom. The van der Waals surface area contributed by atoms with Crippen molar-refractivity contribution in [2.75, 3.05) is 5.32 Å². The summed E-state index contributed by atoms with van der Waals surface area (Å²) in [6.45, 7) is 1.80. The number of pyridine rings is 1. The average Bonchev–Trinajstić information content (AvgIpc) is 2.38. The van der Waals surface area contributed by atoms with Crippen LogP contribution in [0.2, 0.25) is 0 Å². The molecule has 0 aliphatic heterocycles. The summed E-state index contributed by atoms with van der Waals surface area (Å²) in [7, 11) is 0. The predicted octanol–water partition coefficient (Wildman–Crippen LogP) is 3.10. The van der Waals surface area contributed by atoms with E-state index in [1.807, 2.05) is 6.07 Å². The first-order valence-electron chi connectivity index (χ1n) is 5.75. The number of benzene rings is 1. The fourth-order valence-corrected chi connectivity index (χ4v) is 2.21. The molecule has 1 aromatic carbocycles. The van der Waals surface area contributed by atoms with Crippen LogP contribution in [0.5, 0.6) is 0 Å². The van der Waals surface area contributed by atoms with Gasteiger partial charge in [-0.05, 0) is 42.8 Å². The lowest BCUT2D eigenvalue weighted by molar-refractivity contribution is 0.0697. The Kier molecular flexibility index (Phi) is 4.14. The largest absolute Gasteiger partial charge is 0.478 e. The van der Waals surface area contributed by atoms with Crippen molar-refractivity contribution in [3.05, 3.63) is 57.7 Å². The summed E-state index contributed by atoms with van der Waals surface area (Å²) in [5, 5.41) is 11.6. The number of rotatable bonds is 3. The maximum Gasteiger partial charge on any atom is 0.339 e. The van der Waals surface area contributed by atoms with E-state index >= 15 is 0 Å². The van der Waals surface area contributed by atoms with E-state index in [9.17, 15) is 9.59 Å². The fourth-order valence-electron chi connectivity index (χ4n) is 1.73. The Morgan fingerprint density at radius 2 is 2.00 bits per heavy atom. The van der Waals surface area contributed by atoms with Crippen molar-refractivity contribution >= 4 is 33.6 Å². The van der Waals surface area contributed by atoms with Crippen LogP contribution >= 0.6 is 15.9 Å². The minimum Gasteiger partial charge on any atom is -0.478 e. The summed E-state index contributed by atoms with van der Waals surface area (Å²) in [5.74, 6) is -1.50. The highest BCUT2D eigenvalue weighted by Crippen LogP contribution is 2.18. The van der Waals surface area contributed by atoms with E-state index in [1.165, 1.54) is 18.3 Å². The summed E-state index contributed by atoms with van der Waals surface area (Å²) in [4.78, 5) is 27.1. The molecule has 1 amide bonds. The van der Waals surface area contributed by atoms with Gasteiger partial charge in [0.1, 0.15) is 11.4 Å². The van der Waals surface area contributed by atoms with Crippen LogP contribution in [-0.2, 0) is 0 Å². The van der Waals surface area contributed by atoms with Gasteiger partial charge in [-0.2, -0.15) is 0 Å². The molecule has 0 saturated heterocycles. The predicted molar refractivity (Wildman–Crippen MR) is 78.0 cm³/mol. The highest BCUT2D eigenvalue weighted by molar-refractivity contribution is 9.10. The van der Waals surface area contributed by atoms with Crippen molar-refractivity contribution in [3.8, 4) is 0 Å². The minimum atomic E-state index is -1.14. The molecule has 1 heterocycles. The van der Waals surface area contributed by atoms with Crippen molar-refractivity contribution in [1.29, 1.82) is 0 Å². The zero-order valence-electron chi connectivity index (χ0n) is 10.6. The number of nitrogens with one attached hydrogen (secondary N) is 1. The lowest BCUT2D eigenvalue weighted by Gasteiger charge is -2.09. The van der Waals surface area contributed by atoms with Crippen LogP contribution < -0.4 is 5.32 Å². The van der Waals surface area contributed by atoms with Crippen LogP contribution in [0.1, 0.15) is 26.3 Å². The fraction of sp³-hybridized carbons (Fsp3) is 0.0714. The maximum atomic E-state index is 12.2. The molecule has 1 aromatic heterocycles. The van der Waals surface area contributed by atoms with Crippen molar-refractivity contribution < 1.29 is 14.7 Å². The summed E-state index contributed by atoms with van der Waals surface area (Å²) >= 11 is 3.32. The first-order chi connectivity index (χ1) is 9.49. The third-order valence-electron chi connectivity index (χ3n) is 2.70. The third-order valence-corrected chi connectivity index (χ3v) is 3.20. The number of halogens is 1. The molecule has 0 bridgehead atoms. The Labute approximate surface area is 123 Å². The standard InChI is InChI=1S/C14H11BrN2O3/c1-8-7-9(15)4-5-10(8)13(18)17-12-11(14(19)20)3-2-6-16-12/h2-7H,1H3,(H,19,20)(H,16,17,18). The smallest absolute Gasteiger partial charge is 0.339 e. The van der Waals surface area contributed by atoms with E-state index in [-0.39, 0.29) is 11.4 Å². The molecule has 0 unspecified atom stereocenters. The number of hydrogen-bond acceptors (Lipinski definition) is 3. The Morgan fingerprint density at radius 1 is 1.25 bits per heavy atom. The molecule has 0 aliphatic rings. The monoisotopic (exact) mass is 334 g/mol. The highest BCUT2D eigenvalue weighted by atomic mass is 79.9. The van der Waals surface area contributed by atoms with Gasteiger partial charge in [-0.15, -0.1) is 0 Å². The van der Waals surface area contributed by atoms with E-state index in [4.69, 9.17) is 5.11 Å². The first kappa shape index (κ1) is 14.2. The molecule has 2 rings (SSSR count). The van der Waals surface area contributed by atoms with Crippen LogP contribution in [-0.4, -0.2) is 22.0 Å². The molecule has 20 heavy (non-hydrogen) atoms. The second kappa shape index (κ2) is 5.83. The molecular weight excluding hydrogens is 324 g/mol. The average molecular weight is 335 g/mol. The van der Waals surface area contributed by atoms with Gasteiger partial charge in [0, 0.05) is 16.2 Å². The molecule has 5 nitrogen and oxygen atoms in total. The van der Waals surface area contributed by atoms with Gasteiger partial charge in [-0.3, -0.25) is 4.79 Å². The molecule has 0 radical (unpaired) electrons. The second-order valence-corrected chi connectivity index (χ2v) is 5.03. The minimum absolute atomic E-state index is 0.0346. The van der Waals surface area contributed by atoms with Gasteiger partial charge >= 0.3 is 5.97 Å². The lowest BCUT2D eigenvalue weighted by Crippen LogP contribution is -2.17. The molecule has 0 fully saturated rings. The number of aromatic carboxylic acids is 1. The van der Waals surface area contributed by atoms with Gasteiger partial charge in [0.05, 0.1) is 0 Å². The third kappa shape index (κ3) is 3.03. The van der Waals surface area contributed by atoms with Gasteiger partial charge in [-0.25, -0.2) is 9.78 Å². The van der Waals surface area contributed by atoms with Crippen molar-refractivity contribution in [2.24, 2.45) is 0 Å². The molecule has 2 N–H and O–H groups in total. The summed E-state index contributed by atoms with van der Waals surface area (Å²) < 4.78 is 0.871. The summed E-state index contributed by atoms with van der Waals surface area (Å²) in [6, 6.07) is 8.12. The van der Waals surface area contributed by atoms with Gasteiger partial charge in [-0.1, -0.05) is 15.9 Å². The molecule has 0 atom stereocenters. The highest BCUT2D eigenvalue weighted by Gasteiger charge is 2.15. The number of carbonyl (C=O) groups is 2. The Balaban J connectivity index is 2.30. The normalized spacial score (nSPS) is 10.1. The van der Waals surface area contributed by atoms with Crippen molar-refractivity contribution in [1.82, 2.24) is 4.98 Å². The molecule has 0 saturated carbocycles. The van der Waals surface area contributed by atoms with E-state index < -0.39 is 11.9 Å². The number of aromatic nitrogens is 1. The molecule has 102 valence electrons. The zero-order valence-corrected chi connectivity index (χ0v) is 12.1. The number of aryl methyl sites for hydroxylation is 1. The number of nitrogens with zero attached hydrogens (tertiary/aromatic N) is 1. The Bertz CT molecular complexity index is 686. The SMILES string of the molecule is Cc1cc(Br)ccc1C(=O)Nc1ncccc1C(=O)O. The van der Waals surface area contributed by atoms with Gasteiger partial charge in [0.15, 0.2) is 0 Å². The van der Waals surface area contributed by atoms with Gasteiger partial charge in [0.2, 0.25) is 0 Å². The number of carbonyl (C=O) groups excluding carboxylic acids is 1. The van der Waals surface area contributed by atoms with Crippen LogP contribution in [0.25, 0.3) is 0 Å². The lowest BCUT2D eigenvalue weighted by atomic mass is 10.1. The van der Waals surface area contributed by atoms with E-state index in [0.717, 1.165) is 10.0 Å². The maximum absolute atomic E-state index is 12.2. The van der Waals surface area contributed by atoms with E-state index in [2.05, 4.69) is 26.2 Å². The van der Waals surface area contributed by atoms with Gasteiger partial charge < -0.3 is 10.4 Å². The molecule has 0 spiro atoms. The first-order valence-corrected chi connectivity index (χ1v) is 6.54. The molecule has 6 heteroatoms. The number of hydrogen-bond donors (Lipinski definition) is 2. The van der Waals surface area contributed by atoms with Crippen molar-refractivity contribution in [2.45, 2.75) is 6.92 Å². The topological polar surface area (TPSA) is 79.3 Å². The molecule has 0 aliphatic carbocycles. The summed E-state index contributed by atoms with van der Waals surface area (Å²) in [6.07, 6.45) is 1.43.